The number of aryl methyl sites for hydroxylation is 1. The summed E-state index contributed by atoms with van der Waals surface area (Å²) in [7, 11) is 0. The lowest BCUT2D eigenvalue weighted by atomic mass is 10.1. The molecular formula is C17H21N5O2. The molecule has 126 valence electrons. The molecule has 0 fully saturated rings. The van der Waals surface area contributed by atoms with Crippen LogP contribution in [0.2, 0.25) is 0 Å². The van der Waals surface area contributed by atoms with Crippen LogP contribution in [0.5, 0.6) is 0 Å². The molecule has 0 aliphatic carbocycles. The molecule has 7 heteroatoms. The van der Waals surface area contributed by atoms with E-state index in [1.54, 1.807) is 4.90 Å². The molecule has 3 rings (SSSR count). The molecule has 1 aromatic carbocycles. The topological polar surface area (TPSA) is 90.1 Å². The van der Waals surface area contributed by atoms with Gasteiger partial charge in [0.05, 0.1) is 25.2 Å². The molecule has 0 saturated heterocycles. The number of carbonyl (C=O) groups is 2. The molecule has 0 spiro atoms. The highest BCUT2D eigenvalue weighted by molar-refractivity contribution is 5.92. The molecule has 0 bridgehead atoms. The van der Waals surface area contributed by atoms with Crippen LogP contribution in [-0.2, 0) is 24.3 Å². The average molecular weight is 327 g/mol. The highest BCUT2D eigenvalue weighted by atomic mass is 16.2. The van der Waals surface area contributed by atoms with Gasteiger partial charge in [-0.1, -0.05) is 29.8 Å². The number of anilines is 1. The summed E-state index contributed by atoms with van der Waals surface area (Å²) < 4.78 is 0. The van der Waals surface area contributed by atoms with Crippen LogP contribution in [0.4, 0.5) is 10.6 Å². The number of hydrogen-bond donors (Lipinski definition) is 3. The Morgan fingerprint density at radius 2 is 2.00 bits per heavy atom. The van der Waals surface area contributed by atoms with Gasteiger partial charge in [-0.05, 0) is 19.4 Å². The van der Waals surface area contributed by atoms with Gasteiger partial charge in [0.15, 0.2) is 5.82 Å². The van der Waals surface area contributed by atoms with Crippen LogP contribution in [0.3, 0.4) is 0 Å². The van der Waals surface area contributed by atoms with Gasteiger partial charge < -0.3 is 15.5 Å². The van der Waals surface area contributed by atoms with Gasteiger partial charge in [-0.15, -0.1) is 0 Å². The lowest BCUT2D eigenvalue weighted by molar-refractivity contribution is -0.115. The molecule has 1 aliphatic heterocycles. The molecule has 7 nitrogen and oxygen atoms in total. The Morgan fingerprint density at radius 3 is 2.71 bits per heavy atom. The summed E-state index contributed by atoms with van der Waals surface area (Å²) in [6, 6.07) is 7.75. The number of nitrogens with zero attached hydrogens (tertiary/aromatic N) is 2. The Kier molecular flexibility index (Phi) is 4.50. The van der Waals surface area contributed by atoms with Crippen LogP contribution < -0.4 is 10.6 Å². The summed E-state index contributed by atoms with van der Waals surface area (Å²) in [4.78, 5) is 25.8. The van der Waals surface area contributed by atoms with Crippen LogP contribution >= 0.6 is 0 Å². The first-order chi connectivity index (χ1) is 11.6. The molecule has 0 unspecified atom stereocenters. The number of nitrogens with one attached hydrogen (secondary N) is 3. The molecule has 2 aromatic rings. The zero-order valence-electron chi connectivity index (χ0n) is 13.8. The number of rotatable bonds is 4. The van der Waals surface area contributed by atoms with Crippen molar-refractivity contribution in [2.75, 3.05) is 11.9 Å². The van der Waals surface area contributed by atoms with Crippen molar-refractivity contribution < 1.29 is 9.59 Å². The largest absolute Gasteiger partial charge is 0.338 e. The minimum atomic E-state index is -0.121. The summed E-state index contributed by atoms with van der Waals surface area (Å²) >= 11 is 0. The molecular weight excluding hydrogens is 306 g/mol. The van der Waals surface area contributed by atoms with E-state index in [1.807, 2.05) is 38.1 Å². The molecule has 0 atom stereocenters. The fraction of sp³-hybridized carbons (Fsp3) is 0.353. The highest BCUT2D eigenvalue weighted by Gasteiger charge is 2.28. The zero-order valence-corrected chi connectivity index (χ0v) is 13.8. The lowest BCUT2D eigenvalue weighted by Crippen LogP contribution is -2.36. The Labute approximate surface area is 140 Å². The molecule has 1 aromatic heterocycles. The number of fused-ring (bicyclic) bond motifs is 1. The monoisotopic (exact) mass is 327 g/mol. The summed E-state index contributed by atoms with van der Waals surface area (Å²) in [5, 5.41) is 12.7. The van der Waals surface area contributed by atoms with Gasteiger partial charge in [-0.2, -0.15) is 5.10 Å². The Balaban J connectivity index is 1.63. The van der Waals surface area contributed by atoms with E-state index in [4.69, 9.17) is 0 Å². The van der Waals surface area contributed by atoms with E-state index < -0.39 is 0 Å². The van der Waals surface area contributed by atoms with Crippen molar-refractivity contribution >= 4 is 17.8 Å². The first-order valence-corrected chi connectivity index (χ1v) is 8.01. The SMILES string of the molecule is CCNC(=O)N1Cc2[nH]nc(NC(=O)Cc3ccc(C)cc3)c2C1. The minimum Gasteiger partial charge on any atom is -0.338 e. The van der Waals surface area contributed by atoms with Gasteiger partial charge in [-0.25, -0.2) is 4.79 Å². The summed E-state index contributed by atoms with van der Waals surface area (Å²) in [6.45, 7) is 5.39. The maximum absolute atomic E-state index is 12.2. The number of hydrogen-bond acceptors (Lipinski definition) is 3. The van der Waals surface area contributed by atoms with Crippen LogP contribution in [-0.4, -0.2) is 33.6 Å². The smallest absolute Gasteiger partial charge is 0.318 e. The van der Waals surface area contributed by atoms with E-state index >= 15 is 0 Å². The number of amides is 3. The third-order valence-electron chi connectivity index (χ3n) is 4.01. The minimum absolute atomic E-state index is 0.112. The summed E-state index contributed by atoms with van der Waals surface area (Å²) in [5.74, 6) is 0.388. The van der Waals surface area contributed by atoms with Crippen LogP contribution in [0.15, 0.2) is 24.3 Å². The van der Waals surface area contributed by atoms with Gasteiger partial charge in [0, 0.05) is 12.1 Å². The number of urea groups is 1. The molecule has 0 saturated carbocycles. The van der Waals surface area contributed by atoms with Crippen molar-refractivity contribution in [1.29, 1.82) is 0 Å². The van der Waals surface area contributed by atoms with Crippen molar-refractivity contribution in [3.63, 3.8) is 0 Å². The number of H-pyrrole nitrogens is 1. The fourth-order valence-electron chi connectivity index (χ4n) is 2.72. The maximum atomic E-state index is 12.2. The predicted octanol–water partition coefficient (Wildman–Crippen LogP) is 1.94. The van der Waals surface area contributed by atoms with Gasteiger partial charge in [0.1, 0.15) is 0 Å². The van der Waals surface area contributed by atoms with Crippen LogP contribution in [0.25, 0.3) is 0 Å². The predicted molar refractivity (Wildman–Crippen MR) is 90.4 cm³/mol. The van der Waals surface area contributed by atoms with Gasteiger partial charge >= 0.3 is 6.03 Å². The van der Waals surface area contributed by atoms with Crippen molar-refractivity contribution in [3.8, 4) is 0 Å². The second-order valence-corrected chi connectivity index (χ2v) is 5.93. The van der Waals surface area contributed by atoms with Crippen LogP contribution in [0.1, 0.15) is 29.3 Å². The Morgan fingerprint density at radius 1 is 1.25 bits per heavy atom. The number of carbonyl (C=O) groups excluding carboxylic acids is 2. The standard InChI is InChI=1S/C17H21N5O2/c1-3-18-17(24)22-9-13-14(10-22)20-21-16(13)19-15(23)8-12-6-4-11(2)5-7-12/h4-7H,3,8-10H2,1-2H3,(H,18,24)(H2,19,20,21,23). The van der Waals surface area contributed by atoms with Crippen molar-refractivity contribution in [1.82, 2.24) is 20.4 Å². The molecule has 0 radical (unpaired) electrons. The number of aromatic amines is 1. The third kappa shape index (κ3) is 3.40. The summed E-state index contributed by atoms with van der Waals surface area (Å²) in [5.41, 5.74) is 3.86. The van der Waals surface area contributed by atoms with Crippen molar-refractivity contribution in [2.45, 2.75) is 33.4 Å². The Hall–Kier alpha value is -2.83. The van der Waals surface area contributed by atoms with E-state index in [0.29, 0.717) is 31.9 Å². The number of benzene rings is 1. The van der Waals surface area contributed by atoms with Gasteiger partial charge in [-0.3, -0.25) is 9.89 Å². The number of aromatic nitrogens is 2. The average Bonchev–Trinajstić information content (AvgIpc) is 3.12. The van der Waals surface area contributed by atoms with E-state index in [2.05, 4.69) is 20.8 Å². The zero-order chi connectivity index (χ0) is 17.1. The van der Waals surface area contributed by atoms with Crippen LogP contribution in [0, 0.1) is 6.92 Å². The quantitative estimate of drug-likeness (QED) is 0.801. The second-order valence-electron chi connectivity index (χ2n) is 5.93. The Bertz CT molecular complexity index is 751. The molecule has 24 heavy (non-hydrogen) atoms. The first kappa shape index (κ1) is 16.0. The van der Waals surface area contributed by atoms with E-state index in [1.165, 1.54) is 0 Å². The summed E-state index contributed by atoms with van der Waals surface area (Å²) in [6.07, 6.45) is 0.294. The molecule has 3 amide bonds. The highest BCUT2D eigenvalue weighted by Crippen LogP contribution is 2.27. The van der Waals surface area contributed by atoms with E-state index in [-0.39, 0.29) is 11.9 Å². The molecule has 1 aliphatic rings. The van der Waals surface area contributed by atoms with Crippen molar-refractivity contribution in [2.24, 2.45) is 0 Å². The van der Waals surface area contributed by atoms with Gasteiger partial charge in [0.25, 0.3) is 0 Å². The van der Waals surface area contributed by atoms with E-state index in [0.717, 1.165) is 22.4 Å². The van der Waals surface area contributed by atoms with Crippen molar-refractivity contribution in [3.05, 3.63) is 46.6 Å². The maximum Gasteiger partial charge on any atom is 0.318 e. The molecule has 3 N–H and O–H groups in total. The normalized spacial score (nSPS) is 12.8. The fourth-order valence-corrected chi connectivity index (χ4v) is 2.72. The van der Waals surface area contributed by atoms with Gasteiger partial charge in [0.2, 0.25) is 5.91 Å². The first-order valence-electron chi connectivity index (χ1n) is 8.01. The third-order valence-corrected chi connectivity index (χ3v) is 4.01. The molecule has 2 heterocycles. The second kappa shape index (κ2) is 6.74. The lowest BCUT2D eigenvalue weighted by Gasteiger charge is -2.15. The van der Waals surface area contributed by atoms with E-state index in [9.17, 15) is 9.59 Å².